The Morgan fingerprint density at radius 2 is 1.96 bits per heavy atom. The zero-order valence-electron chi connectivity index (χ0n) is 17.5. The van der Waals surface area contributed by atoms with E-state index in [-0.39, 0.29) is 12.0 Å². The minimum Gasteiger partial charge on any atom is -0.396 e. The first-order valence-corrected chi connectivity index (χ1v) is 10.3. The van der Waals surface area contributed by atoms with Gasteiger partial charge in [0.2, 0.25) is 0 Å². The van der Waals surface area contributed by atoms with Gasteiger partial charge in [0, 0.05) is 58.5 Å². The van der Waals surface area contributed by atoms with E-state index in [2.05, 4.69) is 41.0 Å². The van der Waals surface area contributed by atoms with Crippen molar-refractivity contribution in [3.63, 3.8) is 0 Å². The molecule has 0 aromatic carbocycles. The molecule has 1 saturated heterocycles. The summed E-state index contributed by atoms with van der Waals surface area (Å²) < 4.78 is 5.17. The number of aliphatic hydroxyl groups excluding tert-OH is 1. The Morgan fingerprint density at radius 1 is 1.26 bits per heavy atom. The van der Waals surface area contributed by atoms with E-state index in [1.165, 1.54) is 0 Å². The molecule has 0 atom stereocenters. The van der Waals surface area contributed by atoms with Crippen LogP contribution in [-0.2, 0) is 6.54 Å². The van der Waals surface area contributed by atoms with Gasteiger partial charge in [-0.2, -0.15) is 0 Å². The van der Waals surface area contributed by atoms with E-state index in [1.54, 1.807) is 0 Å². The van der Waals surface area contributed by atoms with Crippen molar-refractivity contribution in [3.05, 3.63) is 17.5 Å². The number of aryl methyl sites for hydroxylation is 1. The molecule has 27 heavy (non-hydrogen) atoms. The van der Waals surface area contributed by atoms with Crippen LogP contribution in [0.2, 0.25) is 0 Å². The molecular weight excluding hydrogens is 342 g/mol. The summed E-state index contributed by atoms with van der Waals surface area (Å²) in [5.41, 5.74) is 1.10. The van der Waals surface area contributed by atoms with E-state index in [0.29, 0.717) is 0 Å². The third kappa shape index (κ3) is 6.21. The van der Waals surface area contributed by atoms with Gasteiger partial charge >= 0.3 is 0 Å². The van der Waals surface area contributed by atoms with Crippen LogP contribution in [-0.4, -0.2) is 71.9 Å². The zero-order valence-corrected chi connectivity index (χ0v) is 17.5. The monoisotopic (exact) mass is 379 g/mol. The number of aromatic nitrogens is 1. The second kappa shape index (κ2) is 10.7. The molecule has 1 aromatic heterocycles. The topological polar surface area (TPSA) is 77.1 Å². The number of guanidine groups is 1. The maximum Gasteiger partial charge on any atom is 0.194 e. The molecule has 2 N–H and O–H groups in total. The highest BCUT2D eigenvalue weighted by atomic mass is 16.5. The SMILES string of the molecule is CCNC(=NCC(CC)(CC)CCO)N1CCN(Cc2cc(C)on2)CC1. The fourth-order valence-corrected chi connectivity index (χ4v) is 3.65. The van der Waals surface area contributed by atoms with E-state index < -0.39 is 0 Å². The molecule has 7 nitrogen and oxygen atoms in total. The molecule has 2 rings (SSSR count). The molecule has 0 aliphatic carbocycles. The number of rotatable bonds is 9. The summed E-state index contributed by atoms with van der Waals surface area (Å²) in [6, 6.07) is 2.01. The molecule has 1 aromatic rings. The van der Waals surface area contributed by atoms with Gasteiger partial charge in [0.05, 0.1) is 5.69 Å². The molecule has 0 unspecified atom stereocenters. The van der Waals surface area contributed by atoms with Crippen molar-refractivity contribution >= 4 is 5.96 Å². The number of nitrogens with one attached hydrogen (secondary N) is 1. The summed E-state index contributed by atoms with van der Waals surface area (Å²) in [5, 5.41) is 17.0. The number of nitrogens with zero attached hydrogens (tertiary/aromatic N) is 4. The van der Waals surface area contributed by atoms with Gasteiger partial charge in [-0.25, -0.2) is 0 Å². The average Bonchev–Trinajstić information content (AvgIpc) is 3.09. The molecule has 2 heterocycles. The van der Waals surface area contributed by atoms with Crippen LogP contribution in [0.4, 0.5) is 0 Å². The summed E-state index contributed by atoms with van der Waals surface area (Å²) in [6.07, 6.45) is 2.89. The lowest BCUT2D eigenvalue weighted by Gasteiger charge is -2.37. The number of piperazine rings is 1. The lowest BCUT2D eigenvalue weighted by molar-refractivity contribution is 0.164. The van der Waals surface area contributed by atoms with Crippen molar-refractivity contribution < 1.29 is 9.63 Å². The molecular formula is C20H37N5O2. The lowest BCUT2D eigenvalue weighted by Crippen LogP contribution is -2.52. The van der Waals surface area contributed by atoms with Crippen LogP contribution in [0.25, 0.3) is 0 Å². The number of aliphatic hydroxyl groups is 1. The first-order chi connectivity index (χ1) is 13.1. The first-order valence-electron chi connectivity index (χ1n) is 10.3. The predicted molar refractivity (Wildman–Crippen MR) is 109 cm³/mol. The van der Waals surface area contributed by atoms with Crippen LogP contribution in [0.3, 0.4) is 0 Å². The molecule has 0 amide bonds. The van der Waals surface area contributed by atoms with Gasteiger partial charge in [0.15, 0.2) is 5.96 Å². The van der Waals surface area contributed by atoms with Gasteiger partial charge in [0.25, 0.3) is 0 Å². The van der Waals surface area contributed by atoms with Crippen molar-refractivity contribution in [2.24, 2.45) is 10.4 Å². The van der Waals surface area contributed by atoms with E-state index in [0.717, 1.165) is 82.5 Å². The van der Waals surface area contributed by atoms with Crippen molar-refractivity contribution in [2.75, 3.05) is 45.9 Å². The quantitative estimate of drug-likeness (QED) is 0.506. The highest BCUT2D eigenvalue weighted by Crippen LogP contribution is 2.30. The van der Waals surface area contributed by atoms with E-state index in [1.807, 2.05) is 13.0 Å². The van der Waals surface area contributed by atoms with Crippen LogP contribution in [0.5, 0.6) is 0 Å². The smallest absolute Gasteiger partial charge is 0.194 e. The van der Waals surface area contributed by atoms with Crippen molar-refractivity contribution in [2.45, 2.75) is 53.5 Å². The predicted octanol–water partition coefficient (Wildman–Crippen LogP) is 2.25. The summed E-state index contributed by atoms with van der Waals surface area (Å²) in [5.74, 6) is 1.86. The molecule has 154 valence electrons. The van der Waals surface area contributed by atoms with Crippen LogP contribution in [0.15, 0.2) is 15.6 Å². The van der Waals surface area contributed by atoms with E-state index >= 15 is 0 Å². The molecule has 1 fully saturated rings. The van der Waals surface area contributed by atoms with Crippen LogP contribution >= 0.6 is 0 Å². The lowest BCUT2D eigenvalue weighted by atomic mass is 9.79. The van der Waals surface area contributed by atoms with E-state index in [9.17, 15) is 5.11 Å². The molecule has 1 aliphatic heterocycles. The van der Waals surface area contributed by atoms with Crippen molar-refractivity contribution in [1.29, 1.82) is 0 Å². The normalized spacial score (nSPS) is 16.8. The Morgan fingerprint density at radius 3 is 2.48 bits per heavy atom. The first kappa shape index (κ1) is 21.7. The third-order valence-electron chi connectivity index (χ3n) is 5.78. The second-order valence-electron chi connectivity index (χ2n) is 7.54. The van der Waals surface area contributed by atoms with Gasteiger partial charge < -0.3 is 19.8 Å². The van der Waals surface area contributed by atoms with Crippen LogP contribution in [0.1, 0.15) is 51.5 Å². The highest BCUT2D eigenvalue weighted by molar-refractivity contribution is 5.80. The Labute approximate surface area is 163 Å². The Hall–Kier alpha value is -1.60. The summed E-state index contributed by atoms with van der Waals surface area (Å²) in [7, 11) is 0. The average molecular weight is 380 g/mol. The minimum absolute atomic E-state index is 0.0993. The van der Waals surface area contributed by atoms with Crippen molar-refractivity contribution in [3.8, 4) is 0 Å². The fraction of sp³-hybridized carbons (Fsp3) is 0.800. The van der Waals surface area contributed by atoms with Gasteiger partial charge in [-0.05, 0) is 38.5 Å². The Kier molecular flexibility index (Phi) is 8.57. The maximum atomic E-state index is 9.44. The zero-order chi connectivity index (χ0) is 19.7. The van der Waals surface area contributed by atoms with Gasteiger partial charge in [0.1, 0.15) is 5.76 Å². The molecule has 0 saturated carbocycles. The standard InChI is InChI=1S/C20H37N5O2/c1-5-20(6-2,8-13-26)16-22-19(21-7-3)25-11-9-24(10-12-25)15-18-14-17(4)27-23-18/h14,26H,5-13,15-16H2,1-4H3,(H,21,22). The Bertz CT molecular complexity index is 575. The molecule has 0 spiro atoms. The maximum absolute atomic E-state index is 9.44. The molecule has 1 aliphatic rings. The van der Waals surface area contributed by atoms with Gasteiger partial charge in [-0.1, -0.05) is 19.0 Å². The van der Waals surface area contributed by atoms with Crippen LogP contribution < -0.4 is 5.32 Å². The third-order valence-corrected chi connectivity index (χ3v) is 5.78. The van der Waals surface area contributed by atoms with Crippen LogP contribution in [0, 0.1) is 12.3 Å². The number of hydrogen-bond acceptors (Lipinski definition) is 5. The van der Waals surface area contributed by atoms with Crippen molar-refractivity contribution in [1.82, 2.24) is 20.3 Å². The Balaban J connectivity index is 1.94. The highest BCUT2D eigenvalue weighted by Gasteiger charge is 2.26. The second-order valence-corrected chi connectivity index (χ2v) is 7.54. The summed E-state index contributed by atoms with van der Waals surface area (Å²) >= 11 is 0. The number of aliphatic imine (C=N–C) groups is 1. The minimum atomic E-state index is 0.0993. The summed E-state index contributed by atoms with van der Waals surface area (Å²) in [6.45, 7) is 15.0. The van der Waals surface area contributed by atoms with E-state index in [4.69, 9.17) is 9.52 Å². The largest absolute Gasteiger partial charge is 0.396 e. The van der Waals surface area contributed by atoms with Gasteiger partial charge in [-0.3, -0.25) is 9.89 Å². The molecule has 0 bridgehead atoms. The van der Waals surface area contributed by atoms with Gasteiger partial charge in [-0.15, -0.1) is 0 Å². The number of hydrogen-bond donors (Lipinski definition) is 2. The molecule has 0 radical (unpaired) electrons. The fourth-order valence-electron chi connectivity index (χ4n) is 3.65. The summed E-state index contributed by atoms with van der Waals surface area (Å²) in [4.78, 5) is 9.72. The molecule has 7 heteroatoms.